The molecule has 302 valence electrons. The molecule has 0 saturated heterocycles. The topological polar surface area (TPSA) is 193 Å². The first-order valence-corrected chi connectivity index (χ1v) is 19.8. The molecule has 57 heavy (non-hydrogen) atoms. The Hall–Kier alpha value is -6.10. The molecule has 0 aliphatic heterocycles. The van der Waals surface area contributed by atoms with Crippen molar-refractivity contribution in [3.8, 4) is 23.0 Å². The molecule has 15 nitrogen and oxygen atoms in total. The zero-order chi connectivity index (χ0) is 41.3. The Bertz CT molecular complexity index is 2350. The third-order valence-electron chi connectivity index (χ3n) is 8.60. The molecule has 0 aliphatic rings. The number of amides is 3. The van der Waals surface area contributed by atoms with Gasteiger partial charge in [0.2, 0.25) is 10.0 Å². The fourth-order valence-electron chi connectivity index (χ4n) is 5.93. The Labute approximate surface area is 332 Å². The lowest BCUT2D eigenvalue weighted by Gasteiger charge is -2.29. The van der Waals surface area contributed by atoms with Crippen LogP contribution in [0.25, 0.3) is 10.8 Å². The summed E-state index contributed by atoms with van der Waals surface area (Å²) >= 11 is 0. The van der Waals surface area contributed by atoms with E-state index in [2.05, 4.69) is 20.3 Å². The number of fused-ring (bicyclic) bond motifs is 1. The summed E-state index contributed by atoms with van der Waals surface area (Å²) in [6.45, 7) is 7.47. The number of aromatic nitrogens is 1. The summed E-state index contributed by atoms with van der Waals surface area (Å²) in [6, 6.07) is 21.8. The third kappa shape index (κ3) is 10.8. The molecule has 0 spiro atoms. The van der Waals surface area contributed by atoms with Crippen LogP contribution in [-0.2, 0) is 24.9 Å². The third-order valence-corrected chi connectivity index (χ3v) is 9.19. The molecular weight excluding hydrogens is 753 g/mol. The van der Waals surface area contributed by atoms with E-state index in [1.807, 2.05) is 45.0 Å². The van der Waals surface area contributed by atoms with E-state index in [4.69, 9.17) is 29.4 Å². The molecule has 5 aromatic rings. The number of carbonyl (C=O) groups is 2. The van der Waals surface area contributed by atoms with E-state index in [-0.39, 0.29) is 23.0 Å². The van der Waals surface area contributed by atoms with Crippen molar-refractivity contribution in [2.24, 2.45) is 5.73 Å². The van der Waals surface area contributed by atoms with Crippen LogP contribution in [0.3, 0.4) is 0 Å². The Morgan fingerprint density at radius 3 is 2.26 bits per heavy atom. The molecule has 0 saturated carbocycles. The number of sulfonamides is 1. The molecule has 1 aromatic heterocycles. The van der Waals surface area contributed by atoms with Gasteiger partial charge in [-0.15, -0.1) is 0 Å². The van der Waals surface area contributed by atoms with Gasteiger partial charge in [0.15, 0.2) is 5.75 Å². The van der Waals surface area contributed by atoms with Crippen molar-refractivity contribution < 1.29 is 41.7 Å². The standard InChI is InChI=1S/C41H48N6O9S/c1-41(2,3)27-22-33(46-57(7,50)51)38(54-6)35(23-27)47(40(42)49)34-12-13-36(32-11-9-8-10-31(32)34)56-29-14-15-43-37(25-29)45-28-20-26(21-30(24-28)53-5)39(48)44-16-17-55-19-18-52-4/h8-15,20-25,46H,16-19H2,1-7H3,(H2,42,49)(H,43,45)(H,44,48). The van der Waals surface area contributed by atoms with Crippen molar-refractivity contribution in [3.63, 3.8) is 0 Å². The summed E-state index contributed by atoms with van der Waals surface area (Å²) < 4.78 is 55.3. The molecule has 0 bridgehead atoms. The number of nitrogens with one attached hydrogen (secondary N) is 3. The number of rotatable bonds is 17. The van der Waals surface area contributed by atoms with Crippen LogP contribution in [0.4, 0.5) is 33.4 Å². The van der Waals surface area contributed by atoms with Gasteiger partial charge in [0.1, 0.15) is 23.1 Å². The van der Waals surface area contributed by atoms with E-state index in [0.29, 0.717) is 77.1 Å². The Morgan fingerprint density at radius 1 is 0.842 bits per heavy atom. The number of ether oxygens (including phenoxy) is 5. The van der Waals surface area contributed by atoms with E-state index in [0.717, 1.165) is 11.8 Å². The quantitative estimate of drug-likeness (QED) is 0.0704. The zero-order valence-electron chi connectivity index (χ0n) is 33.0. The summed E-state index contributed by atoms with van der Waals surface area (Å²) in [5.41, 5.74) is 8.13. The lowest BCUT2D eigenvalue weighted by molar-refractivity contribution is 0.0692. The Balaban J connectivity index is 1.46. The van der Waals surface area contributed by atoms with E-state index >= 15 is 0 Å². The van der Waals surface area contributed by atoms with Crippen molar-refractivity contribution in [1.82, 2.24) is 10.3 Å². The molecule has 0 atom stereocenters. The van der Waals surface area contributed by atoms with Crippen LogP contribution >= 0.6 is 0 Å². The second-order valence-electron chi connectivity index (χ2n) is 13.9. The summed E-state index contributed by atoms with van der Waals surface area (Å²) in [4.78, 5) is 32.1. The van der Waals surface area contributed by atoms with Crippen molar-refractivity contribution in [2.75, 3.05) is 68.9 Å². The number of nitrogens with two attached hydrogens (primary N) is 1. The van der Waals surface area contributed by atoms with Crippen LogP contribution in [0, 0.1) is 0 Å². The van der Waals surface area contributed by atoms with Crippen LogP contribution < -0.4 is 40.2 Å². The lowest BCUT2D eigenvalue weighted by Crippen LogP contribution is -2.32. The fraction of sp³-hybridized carbons (Fsp3) is 0.293. The summed E-state index contributed by atoms with van der Waals surface area (Å²) in [7, 11) is 0.776. The minimum absolute atomic E-state index is 0.112. The minimum atomic E-state index is -3.72. The fourth-order valence-corrected chi connectivity index (χ4v) is 6.48. The molecule has 1 heterocycles. The second kappa shape index (κ2) is 18.2. The number of anilines is 5. The molecular formula is C41H48N6O9S. The highest BCUT2D eigenvalue weighted by Gasteiger charge is 2.28. The summed E-state index contributed by atoms with van der Waals surface area (Å²) in [5, 5.41) is 7.33. The SMILES string of the molecule is COCCOCCNC(=O)c1cc(Nc2cc(Oc3ccc(N(C(N)=O)c4cc(C(C)(C)C)cc(NS(C)(=O)=O)c4OC)c4ccccc34)ccn2)cc(OC)c1. The van der Waals surface area contributed by atoms with Gasteiger partial charge in [-0.2, -0.15) is 0 Å². The largest absolute Gasteiger partial charge is 0.497 e. The average Bonchev–Trinajstić information content (AvgIpc) is 3.15. The zero-order valence-corrected chi connectivity index (χ0v) is 33.8. The van der Waals surface area contributed by atoms with Crippen LogP contribution in [0.5, 0.6) is 23.0 Å². The predicted octanol–water partition coefficient (Wildman–Crippen LogP) is 7.07. The first kappa shape index (κ1) is 42.1. The minimum Gasteiger partial charge on any atom is -0.497 e. The van der Waals surface area contributed by atoms with Crippen LogP contribution in [-0.4, -0.2) is 79.3 Å². The average molecular weight is 801 g/mol. The summed E-state index contributed by atoms with van der Waals surface area (Å²) in [5.74, 6) is 1.63. The Morgan fingerprint density at radius 2 is 1.60 bits per heavy atom. The van der Waals surface area contributed by atoms with Gasteiger partial charge in [-0.05, 0) is 53.4 Å². The molecule has 4 aromatic carbocycles. The highest BCUT2D eigenvalue weighted by Crippen LogP contribution is 2.46. The van der Waals surface area contributed by atoms with E-state index in [1.165, 1.54) is 19.1 Å². The first-order valence-electron chi connectivity index (χ1n) is 17.9. The van der Waals surface area contributed by atoms with E-state index in [1.54, 1.807) is 67.9 Å². The van der Waals surface area contributed by atoms with E-state index in [9.17, 15) is 18.0 Å². The smallest absolute Gasteiger partial charge is 0.324 e. The van der Waals surface area contributed by atoms with Gasteiger partial charge < -0.3 is 40.1 Å². The number of pyridine rings is 1. The van der Waals surface area contributed by atoms with Gasteiger partial charge in [0, 0.05) is 54.0 Å². The highest BCUT2D eigenvalue weighted by atomic mass is 32.2. The number of methoxy groups -OCH3 is 3. The number of primary amides is 1. The normalized spacial score (nSPS) is 11.5. The van der Waals surface area contributed by atoms with Crippen LogP contribution in [0.2, 0.25) is 0 Å². The molecule has 5 N–H and O–H groups in total. The van der Waals surface area contributed by atoms with Crippen LogP contribution in [0.1, 0.15) is 36.7 Å². The molecule has 0 fully saturated rings. The lowest BCUT2D eigenvalue weighted by atomic mass is 9.86. The summed E-state index contributed by atoms with van der Waals surface area (Å²) in [6.07, 6.45) is 2.62. The molecule has 0 radical (unpaired) electrons. The number of urea groups is 1. The van der Waals surface area contributed by atoms with Gasteiger partial charge in [-0.1, -0.05) is 45.0 Å². The second-order valence-corrected chi connectivity index (χ2v) is 15.7. The first-order chi connectivity index (χ1) is 27.1. The van der Waals surface area contributed by atoms with Crippen molar-refractivity contribution >= 4 is 61.3 Å². The molecule has 3 amide bonds. The van der Waals surface area contributed by atoms with Crippen molar-refractivity contribution in [3.05, 3.63) is 96.2 Å². The van der Waals surface area contributed by atoms with Gasteiger partial charge >= 0.3 is 6.03 Å². The number of benzene rings is 4. The molecule has 0 unspecified atom stereocenters. The van der Waals surface area contributed by atoms with Crippen LogP contribution in [0.15, 0.2) is 85.1 Å². The van der Waals surface area contributed by atoms with Gasteiger partial charge in [0.05, 0.1) is 57.4 Å². The van der Waals surface area contributed by atoms with Crippen molar-refractivity contribution in [1.29, 1.82) is 0 Å². The number of nitrogens with zero attached hydrogens (tertiary/aromatic N) is 2. The molecule has 16 heteroatoms. The maximum Gasteiger partial charge on any atom is 0.324 e. The number of hydrogen-bond acceptors (Lipinski definition) is 11. The van der Waals surface area contributed by atoms with E-state index < -0.39 is 21.5 Å². The van der Waals surface area contributed by atoms with Crippen molar-refractivity contribution in [2.45, 2.75) is 26.2 Å². The maximum absolute atomic E-state index is 13.4. The van der Waals surface area contributed by atoms with Gasteiger partial charge in [0.25, 0.3) is 5.91 Å². The molecule has 0 aliphatic carbocycles. The number of carbonyl (C=O) groups excluding carboxylic acids is 2. The predicted molar refractivity (Wildman–Crippen MR) is 221 cm³/mol. The van der Waals surface area contributed by atoms with Gasteiger partial charge in [-0.25, -0.2) is 18.2 Å². The maximum atomic E-state index is 13.4. The Kier molecular flexibility index (Phi) is 13.4. The highest BCUT2D eigenvalue weighted by molar-refractivity contribution is 7.92. The monoisotopic (exact) mass is 800 g/mol. The number of hydrogen-bond donors (Lipinski definition) is 4. The molecule has 5 rings (SSSR count). The van der Waals surface area contributed by atoms with Gasteiger partial charge in [-0.3, -0.25) is 14.4 Å².